The number of aromatic nitrogens is 3. The third-order valence-corrected chi connectivity index (χ3v) is 4.45. The van der Waals surface area contributed by atoms with Gasteiger partial charge in [0.2, 0.25) is 0 Å². The average molecular weight is 294 g/mol. The van der Waals surface area contributed by atoms with Gasteiger partial charge in [0.05, 0.1) is 18.3 Å². The van der Waals surface area contributed by atoms with Gasteiger partial charge in [0.25, 0.3) is 0 Å². The molecule has 1 N–H and O–H groups in total. The van der Waals surface area contributed by atoms with Crippen LogP contribution in [-0.2, 0) is 11.3 Å². The van der Waals surface area contributed by atoms with E-state index < -0.39 is 5.60 Å². The highest BCUT2D eigenvalue weighted by Crippen LogP contribution is 2.26. The quantitative estimate of drug-likeness (QED) is 0.905. The maximum absolute atomic E-state index is 12.1. The fraction of sp³-hybridized carbons (Fsp3) is 0.786. The van der Waals surface area contributed by atoms with Gasteiger partial charge < -0.3 is 14.7 Å². The number of carbonyl (C=O) groups excluding carboxylic acids is 1. The first-order valence-electron chi connectivity index (χ1n) is 7.67. The van der Waals surface area contributed by atoms with Crippen LogP contribution in [0.1, 0.15) is 38.5 Å². The second kappa shape index (κ2) is 6.01. The van der Waals surface area contributed by atoms with Crippen LogP contribution in [0.2, 0.25) is 0 Å². The molecule has 1 aromatic heterocycles. The third kappa shape index (κ3) is 3.53. The number of hydrogen-bond acceptors (Lipinski definition) is 5. The predicted octanol–water partition coefficient (Wildman–Crippen LogP) is 1.18. The lowest BCUT2D eigenvalue weighted by atomic mass is 9.91. The number of nitrogens with zero attached hydrogens (tertiary/aromatic N) is 4. The largest absolute Gasteiger partial charge is 0.446 e. The van der Waals surface area contributed by atoms with E-state index in [1.54, 1.807) is 22.0 Å². The number of amides is 1. The average Bonchev–Trinajstić information content (AvgIpc) is 3.13. The van der Waals surface area contributed by atoms with Crippen LogP contribution < -0.4 is 0 Å². The van der Waals surface area contributed by atoms with E-state index in [1.807, 2.05) is 0 Å². The van der Waals surface area contributed by atoms with E-state index in [2.05, 4.69) is 10.3 Å². The Kier molecular flexibility index (Phi) is 4.10. The number of aliphatic hydroxyl groups is 1. The second-order valence-corrected chi connectivity index (χ2v) is 6.10. The molecular formula is C14H22N4O3. The molecule has 0 bridgehead atoms. The van der Waals surface area contributed by atoms with Gasteiger partial charge in [-0.25, -0.2) is 9.48 Å². The highest BCUT2D eigenvalue weighted by Gasteiger charge is 2.35. The summed E-state index contributed by atoms with van der Waals surface area (Å²) in [5.74, 6) is 0. The fourth-order valence-electron chi connectivity index (χ4n) is 3.11. The zero-order chi connectivity index (χ0) is 14.7. The lowest BCUT2D eigenvalue weighted by Gasteiger charge is -2.37. The minimum Gasteiger partial charge on any atom is -0.446 e. The maximum atomic E-state index is 12.1. The Balaban J connectivity index is 1.48. The number of hydrogen-bond donors (Lipinski definition) is 1. The number of piperidine rings is 1. The molecule has 1 aliphatic heterocycles. The Bertz CT molecular complexity index is 463. The Morgan fingerprint density at radius 2 is 2.05 bits per heavy atom. The van der Waals surface area contributed by atoms with Crippen LogP contribution in [0.5, 0.6) is 0 Å². The number of rotatable bonds is 3. The van der Waals surface area contributed by atoms with E-state index in [0.717, 1.165) is 25.7 Å². The number of ether oxygens (including phenoxy) is 1. The van der Waals surface area contributed by atoms with Gasteiger partial charge in [-0.05, 0) is 38.5 Å². The molecule has 2 fully saturated rings. The standard InChI is InChI=1S/C14H22N4O3/c19-13(21-12-3-1-2-4-12)17-8-5-14(20,6-9-17)11-18-10-7-15-16-18/h7,10,12,20H,1-6,8-9,11H2. The van der Waals surface area contributed by atoms with Crippen molar-refractivity contribution in [1.82, 2.24) is 19.9 Å². The Morgan fingerprint density at radius 1 is 1.33 bits per heavy atom. The van der Waals surface area contributed by atoms with Gasteiger partial charge in [-0.2, -0.15) is 0 Å². The van der Waals surface area contributed by atoms with Gasteiger partial charge in [-0.3, -0.25) is 0 Å². The molecule has 7 heteroatoms. The van der Waals surface area contributed by atoms with E-state index in [0.29, 0.717) is 32.5 Å². The van der Waals surface area contributed by atoms with Crippen molar-refractivity contribution in [3.63, 3.8) is 0 Å². The van der Waals surface area contributed by atoms with E-state index >= 15 is 0 Å². The summed E-state index contributed by atoms with van der Waals surface area (Å²) in [6.07, 6.45) is 8.52. The van der Waals surface area contributed by atoms with Crippen molar-refractivity contribution in [3.05, 3.63) is 12.4 Å². The highest BCUT2D eigenvalue weighted by molar-refractivity contribution is 5.68. The monoisotopic (exact) mass is 294 g/mol. The first kappa shape index (κ1) is 14.3. The molecular weight excluding hydrogens is 272 g/mol. The van der Waals surface area contributed by atoms with Crippen LogP contribution in [0.25, 0.3) is 0 Å². The lowest BCUT2D eigenvalue weighted by Crippen LogP contribution is -2.49. The number of carbonyl (C=O) groups is 1. The van der Waals surface area contributed by atoms with Crippen LogP contribution in [0, 0.1) is 0 Å². The van der Waals surface area contributed by atoms with Crippen LogP contribution in [0.3, 0.4) is 0 Å². The summed E-state index contributed by atoms with van der Waals surface area (Å²) in [6, 6.07) is 0. The summed E-state index contributed by atoms with van der Waals surface area (Å²) in [4.78, 5) is 13.8. The zero-order valence-electron chi connectivity index (χ0n) is 12.1. The summed E-state index contributed by atoms with van der Waals surface area (Å²) in [5.41, 5.74) is -0.822. The van der Waals surface area contributed by atoms with Crippen molar-refractivity contribution in [2.45, 2.75) is 56.8 Å². The van der Waals surface area contributed by atoms with Gasteiger partial charge in [0, 0.05) is 19.3 Å². The highest BCUT2D eigenvalue weighted by atomic mass is 16.6. The van der Waals surface area contributed by atoms with Crippen molar-refractivity contribution in [2.24, 2.45) is 0 Å². The SMILES string of the molecule is O=C(OC1CCCC1)N1CCC(O)(Cn2ccnn2)CC1. The number of likely N-dealkylation sites (tertiary alicyclic amines) is 1. The Morgan fingerprint density at radius 3 is 2.67 bits per heavy atom. The van der Waals surface area contributed by atoms with Crippen molar-refractivity contribution in [3.8, 4) is 0 Å². The summed E-state index contributed by atoms with van der Waals surface area (Å²) < 4.78 is 7.13. The molecule has 1 saturated heterocycles. The topological polar surface area (TPSA) is 80.5 Å². The maximum Gasteiger partial charge on any atom is 0.410 e. The van der Waals surface area contributed by atoms with Gasteiger partial charge in [0.1, 0.15) is 6.10 Å². The first-order valence-corrected chi connectivity index (χ1v) is 7.67. The molecule has 0 aromatic carbocycles. The molecule has 0 unspecified atom stereocenters. The van der Waals surface area contributed by atoms with E-state index in [4.69, 9.17) is 4.74 Å². The van der Waals surface area contributed by atoms with E-state index in [9.17, 15) is 9.90 Å². The third-order valence-electron chi connectivity index (χ3n) is 4.45. The molecule has 1 aromatic rings. The van der Waals surface area contributed by atoms with Crippen molar-refractivity contribution in [2.75, 3.05) is 13.1 Å². The molecule has 0 atom stereocenters. The Hall–Kier alpha value is -1.63. The smallest absolute Gasteiger partial charge is 0.410 e. The van der Waals surface area contributed by atoms with Crippen LogP contribution >= 0.6 is 0 Å². The van der Waals surface area contributed by atoms with E-state index in [-0.39, 0.29) is 12.2 Å². The van der Waals surface area contributed by atoms with Gasteiger partial charge in [-0.1, -0.05) is 5.21 Å². The molecule has 2 aliphatic rings. The lowest BCUT2D eigenvalue weighted by molar-refractivity contribution is -0.0380. The van der Waals surface area contributed by atoms with Gasteiger partial charge >= 0.3 is 6.09 Å². The van der Waals surface area contributed by atoms with Crippen LogP contribution in [-0.4, -0.2) is 55.9 Å². The molecule has 1 aliphatic carbocycles. The van der Waals surface area contributed by atoms with Gasteiger partial charge in [-0.15, -0.1) is 5.10 Å². The van der Waals surface area contributed by atoms with Crippen LogP contribution in [0.4, 0.5) is 4.79 Å². The van der Waals surface area contributed by atoms with Crippen molar-refractivity contribution < 1.29 is 14.6 Å². The predicted molar refractivity (Wildman–Crippen MR) is 74.5 cm³/mol. The molecule has 116 valence electrons. The normalized spacial score (nSPS) is 22.4. The molecule has 7 nitrogen and oxygen atoms in total. The first-order chi connectivity index (χ1) is 10.1. The molecule has 3 rings (SSSR count). The minimum absolute atomic E-state index is 0.0912. The zero-order valence-corrected chi connectivity index (χ0v) is 12.1. The molecule has 2 heterocycles. The summed E-state index contributed by atoms with van der Waals surface area (Å²) in [5, 5.41) is 18.2. The summed E-state index contributed by atoms with van der Waals surface area (Å²) in [6.45, 7) is 1.46. The van der Waals surface area contributed by atoms with Crippen molar-refractivity contribution in [1.29, 1.82) is 0 Å². The van der Waals surface area contributed by atoms with E-state index in [1.165, 1.54) is 0 Å². The van der Waals surface area contributed by atoms with Crippen molar-refractivity contribution >= 4 is 6.09 Å². The summed E-state index contributed by atoms with van der Waals surface area (Å²) >= 11 is 0. The molecule has 0 spiro atoms. The van der Waals surface area contributed by atoms with Crippen LogP contribution in [0.15, 0.2) is 12.4 Å². The Labute approximate surface area is 123 Å². The molecule has 1 amide bonds. The fourth-order valence-corrected chi connectivity index (χ4v) is 3.11. The minimum atomic E-state index is -0.822. The molecule has 0 radical (unpaired) electrons. The molecule has 1 saturated carbocycles. The second-order valence-electron chi connectivity index (χ2n) is 6.10. The summed E-state index contributed by atoms with van der Waals surface area (Å²) in [7, 11) is 0. The molecule has 21 heavy (non-hydrogen) atoms. The van der Waals surface area contributed by atoms with Gasteiger partial charge in [0.15, 0.2) is 0 Å².